The molecule has 96 valence electrons. The van der Waals surface area contributed by atoms with Crippen LogP contribution in [0.25, 0.3) is 11.0 Å². The van der Waals surface area contributed by atoms with Gasteiger partial charge in [0.1, 0.15) is 0 Å². The quantitative estimate of drug-likeness (QED) is 0.694. The normalized spacial score (nSPS) is 10.8. The molecule has 2 aromatic carbocycles. The van der Waals surface area contributed by atoms with E-state index in [-0.39, 0.29) is 5.69 Å². The Labute approximate surface area is 118 Å². The van der Waals surface area contributed by atoms with Gasteiger partial charge in [0, 0.05) is 16.7 Å². The molecule has 0 saturated carbocycles. The third kappa shape index (κ3) is 2.71. The minimum atomic E-state index is -0.181. The summed E-state index contributed by atoms with van der Waals surface area (Å²) in [6.45, 7) is 0.743. The van der Waals surface area contributed by atoms with Crippen molar-refractivity contribution in [3.8, 4) is 0 Å². The van der Waals surface area contributed by atoms with Gasteiger partial charge in [-0.1, -0.05) is 28.1 Å². The molecule has 0 aliphatic rings. The van der Waals surface area contributed by atoms with Crippen molar-refractivity contribution in [1.82, 2.24) is 9.97 Å². The van der Waals surface area contributed by atoms with Gasteiger partial charge in [0.2, 0.25) is 0 Å². The molecule has 4 nitrogen and oxygen atoms in total. The van der Waals surface area contributed by atoms with Crippen LogP contribution in [0.2, 0.25) is 0 Å². The van der Waals surface area contributed by atoms with Crippen LogP contribution < -0.4 is 11.0 Å². The predicted molar refractivity (Wildman–Crippen MR) is 80.4 cm³/mol. The number of benzene rings is 2. The summed E-state index contributed by atoms with van der Waals surface area (Å²) in [5.41, 5.74) is 3.63. The lowest BCUT2D eigenvalue weighted by atomic mass is 10.2. The molecule has 1 aromatic heterocycles. The maximum atomic E-state index is 11.2. The molecule has 0 bridgehead atoms. The van der Waals surface area contributed by atoms with Gasteiger partial charge in [-0.25, -0.2) is 4.79 Å². The zero-order valence-corrected chi connectivity index (χ0v) is 11.6. The SMILES string of the molecule is O=c1[nH]c2ccc(NCc3ccc(Br)cc3)cc2[nH]1. The van der Waals surface area contributed by atoms with Crippen LogP contribution in [0.4, 0.5) is 5.69 Å². The van der Waals surface area contributed by atoms with E-state index < -0.39 is 0 Å². The lowest BCUT2D eigenvalue weighted by Crippen LogP contribution is -1.99. The van der Waals surface area contributed by atoms with Gasteiger partial charge in [0.05, 0.1) is 11.0 Å². The maximum Gasteiger partial charge on any atom is 0.323 e. The van der Waals surface area contributed by atoms with Gasteiger partial charge >= 0.3 is 5.69 Å². The van der Waals surface area contributed by atoms with Crippen LogP contribution in [-0.2, 0) is 6.54 Å². The van der Waals surface area contributed by atoms with E-state index in [1.54, 1.807) is 0 Å². The van der Waals surface area contributed by atoms with E-state index in [4.69, 9.17) is 0 Å². The Bertz CT molecular complexity index is 758. The number of nitrogens with one attached hydrogen (secondary N) is 3. The van der Waals surface area contributed by atoms with Crippen LogP contribution in [0, 0.1) is 0 Å². The number of rotatable bonds is 3. The van der Waals surface area contributed by atoms with E-state index in [1.807, 2.05) is 30.3 Å². The van der Waals surface area contributed by atoms with E-state index >= 15 is 0 Å². The molecule has 0 atom stereocenters. The smallest absolute Gasteiger partial charge is 0.323 e. The van der Waals surface area contributed by atoms with E-state index in [0.29, 0.717) is 0 Å². The van der Waals surface area contributed by atoms with Crippen molar-refractivity contribution in [3.05, 3.63) is 63.0 Å². The number of aromatic amines is 2. The summed E-state index contributed by atoms with van der Waals surface area (Å²) in [7, 11) is 0. The van der Waals surface area contributed by atoms with Gasteiger partial charge in [-0.05, 0) is 35.9 Å². The molecule has 3 N–H and O–H groups in total. The zero-order valence-electron chi connectivity index (χ0n) is 10.0. The highest BCUT2D eigenvalue weighted by atomic mass is 79.9. The summed E-state index contributed by atoms with van der Waals surface area (Å²) in [5.74, 6) is 0. The van der Waals surface area contributed by atoms with E-state index in [2.05, 4.69) is 43.3 Å². The number of anilines is 1. The average molecular weight is 318 g/mol. The molecule has 0 unspecified atom stereocenters. The molecule has 3 aromatic rings. The Morgan fingerprint density at radius 2 is 1.74 bits per heavy atom. The van der Waals surface area contributed by atoms with Crippen molar-refractivity contribution in [2.45, 2.75) is 6.54 Å². The summed E-state index contributed by atoms with van der Waals surface area (Å²) in [5, 5.41) is 3.33. The van der Waals surface area contributed by atoms with E-state index in [9.17, 15) is 4.79 Å². The first-order valence-corrected chi connectivity index (χ1v) is 6.70. The highest BCUT2D eigenvalue weighted by Crippen LogP contribution is 2.16. The van der Waals surface area contributed by atoms with Crippen molar-refractivity contribution in [2.24, 2.45) is 0 Å². The van der Waals surface area contributed by atoms with Crippen molar-refractivity contribution >= 4 is 32.7 Å². The fourth-order valence-electron chi connectivity index (χ4n) is 1.95. The molecule has 0 fully saturated rings. The van der Waals surface area contributed by atoms with Gasteiger partial charge in [-0.3, -0.25) is 0 Å². The number of halogens is 1. The first-order chi connectivity index (χ1) is 9.20. The standard InChI is InChI=1S/C14H12BrN3O/c15-10-3-1-9(2-4-10)8-16-11-5-6-12-13(7-11)18-14(19)17-12/h1-7,16H,8H2,(H2,17,18,19). The molecular weight excluding hydrogens is 306 g/mol. The number of hydrogen-bond donors (Lipinski definition) is 3. The topological polar surface area (TPSA) is 60.7 Å². The van der Waals surface area contributed by atoms with Crippen molar-refractivity contribution < 1.29 is 0 Å². The fraction of sp³-hybridized carbons (Fsp3) is 0.0714. The summed E-state index contributed by atoms with van der Waals surface area (Å²) in [4.78, 5) is 16.6. The number of aromatic nitrogens is 2. The van der Waals surface area contributed by atoms with Gasteiger partial charge in [0.25, 0.3) is 0 Å². The predicted octanol–water partition coefficient (Wildman–Crippen LogP) is 3.23. The summed E-state index contributed by atoms with van der Waals surface area (Å²) < 4.78 is 1.07. The summed E-state index contributed by atoms with van der Waals surface area (Å²) >= 11 is 3.41. The lowest BCUT2D eigenvalue weighted by Gasteiger charge is -2.06. The summed E-state index contributed by atoms with van der Waals surface area (Å²) in [6, 6.07) is 13.9. The number of H-pyrrole nitrogens is 2. The van der Waals surface area contributed by atoms with E-state index in [0.717, 1.165) is 27.7 Å². The number of hydrogen-bond acceptors (Lipinski definition) is 2. The Balaban J connectivity index is 1.77. The third-order valence-electron chi connectivity index (χ3n) is 2.93. The second-order valence-corrected chi connectivity index (χ2v) is 5.24. The van der Waals surface area contributed by atoms with Crippen LogP contribution in [0.3, 0.4) is 0 Å². The average Bonchev–Trinajstić information content (AvgIpc) is 2.77. The number of imidazole rings is 1. The minimum absolute atomic E-state index is 0.181. The Morgan fingerprint density at radius 3 is 2.53 bits per heavy atom. The van der Waals surface area contributed by atoms with E-state index in [1.165, 1.54) is 5.56 Å². The maximum absolute atomic E-state index is 11.2. The van der Waals surface area contributed by atoms with Crippen LogP contribution in [0.1, 0.15) is 5.56 Å². The second-order valence-electron chi connectivity index (χ2n) is 4.32. The van der Waals surface area contributed by atoms with Crippen molar-refractivity contribution in [2.75, 3.05) is 5.32 Å². The highest BCUT2D eigenvalue weighted by molar-refractivity contribution is 9.10. The van der Waals surface area contributed by atoms with Crippen LogP contribution >= 0.6 is 15.9 Å². The molecular formula is C14H12BrN3O. The molecule has 0 radical (unpaired) electrons. The van der Waals surface area contributed by atoms with Gasteiger partial charge in [-0.2, -0.15) is 0 Å². The fourth-order valence-corrected chi connectivity index (χ4v) is 2.21. The first-order valence-electron chi connectivity index (χ1n) is 5.91. The van der Waals surface area contributed by atoms with Gasteiger partial charge in [-0.15, -0.1) is 0 Å². The molecule has 0 amide bonds. The molecule has 0 saturated heterocycles. The Kier molecular flexibility index (Phi) is 3.13. The molecule has 0 aliphatic carbocycles. The zero-order chi connectivity index (χ0) is 13.2. The van der Waals surface area contributed by atoms with Crippen LogP contribution in [0.5, 0.6) is 0 Å². The van der Waals surface area contributed by atoms with Crippen molar-refractivity contribution in [3.63, 3.8) is 0 Å². The Hall–Kier alpha value is -2.01. The number of fused-ring (bicyclic) bond motifs is 1. The minimum Gasteiger partial charge on any atom is -0.381 e. The van der Waals surface area contributed by atoms with Crippen LogP contribution in [0.15, 0.2) is 51.7 Å². The second kappa shape index (κ2) is 4.93. The monoisotopic (exact) mass is 317 g/mol. The third-order valence-corrected chi connectivity index (χ3v) is 3.45. The van der Waals surface area contributed by atoms with Crippen LogP contribution in [-0.4, -0.2) is 9.97 Å². The molecule has 5 heteroatoms. The molecule has 0 aliphatic heterocycles. The van der Waals surface area contributed by atoms with Gasteiger partial charge in [0.15, 0.2) is 0 Å². The van der Waals surface area contributed by atoms with Gasteiger partial charge < -0.3 is 15.3 Å². The lowest BCUT2D eigenvalue weighted by molar-refractivity contribution is 1.15. The first kappa shape index (κ1) is 12.0. The summed E-state index contributed by atoms with van der Waals surface area (Å²) in [6.07, 6.45) is 0. The molecule has 1 heterocycles. The molecule has 3 rings (SSSR count). The molecule has 19 heavy (non-hydrogen) atoms. The highest BCUT2D eigenvalue weighted by Gasteiger charge is 2.00. The Morgan fingerprint density at radius 1 is 1.00 bits per heavy atom. The van der Waals surface area contributed by atoms with Crippen molar-refractivity contribution in [1.29, 1.82) is 0 Å². The molecule has 0 spiro atoms. The largest absolute Gasteiger partial charge is 0.381 e.